The summed E-state index contributed by atoms with van der Waals surface area (Å²) in [5, 5.41) is 18.7. The van der Waals surface area contributed by atoms with Crippen molar-refractivity contribution in [2.75, 3.05) is 25.1 Å². The molecule has 124 valence electrons. The molecule has 1 aliphatic heterocycles. The SMILES string of the molecule is COc1nc(C)nc(N2CCCC(O)(Cn3ccnn3)C2)c1C. The fourth-order valence-electron chi connectivity index (χ4n) is 3.14. The smallest absolute Gasteiger partial charge is 0.221 e. The Bertz CT molecular complexity index is 675. The van der Waals surface area contributed by atoms with Crippen molar-refractivity contribution in [1.29, 1.82) is 0 Å². The van der Waals surface area contributed by atoms with Crippen LogP contribution in [0.2, 0.25) is 0 Å². The molecule has 0 aliphatic carbocycles. The zero-order valence-electron chi connectivity index (χ0n) is 13.7. The molecule has 1 fully saturated rings. The van der Waals surface area contributed by atoms with Gasteiger partial charge < -0.3 is 14.7 Å². The summed E-state index contributed by atoms with van der Waals surface area (Å²) in [6, 6.07) is 0. The number of hydrogen-bond acceptors (Lipinski definition) is 7. The topological polar surface area (TPSA) is 89.2 Å². The van der Waals surface area contributed by atoms with Gasteiger partial charge in [0.15, 0.2) is 0 Å². The molecule has 0 bridgehead atoms. The minimum absolute atomic E-state index is 0.420. The van der Waals surface area contributed by atoms with Crippen LogP contribution in [0.3, 0.4) is 0 Å². The number of anilines is 1. The molecule has 1 unspecified atom stereocenters. The van der Waals surface area contributed by atoms with Gasteiger partial charge in [0.2, 0.25) is 5.88 Å². The first kappa shape index (κ1) is 15.7. The number of rotatable bonds is 4. The summed E-state index contributed by atoms with van der Waals surface area (Å²) < 4.78 is 7.00. The number of piperidine rings is 1. The molecule has 0 saturated carbocycles. The van der Waals surface area contributed by atoms with Crippen LogP contribution in [0.4, 0.5) is 5.82 Å². The second-order valence-electron chi connectivity index (χ2n) is 6.08. The van der Waals surface area contributed by atoms with Gasteiger partial charge in [0.25, 0.3) is 0 Å². The van der Waals surface area contributed by atoms with E-state index in [-0.39, 0.29) is 0 Å². The van der Waals surface area contributed by atoms with E-state index in [2.05, 4.69) is 25.2 Å². The van der Waals surface area contributed by atoms with E-state index in [4.69, 9.17) is 4.74 Å². The Morgan fingerprint density at radius 1 is 1.35 bits per heavy atom. The molecule has 1 N–H and O–H groups in total. The van der Waals surface area contributed by atoms with E-state index in [9.17, 15) is 5.11 Å². The number of aliphatic hydroxyl groups is 1. The third-order valence-corrected chi connectivity index (χ3v) is 4.16. The van der Waals surface area contributed by atoms with Crippen molar-refractivity contribution in [3.05, 3.63) is 23.8 Å². The first-order valence-electron chi connectivity index (χ1n) is 7.71. The van der Waals surface area contributed by atoms with Gasteiger partial charge in [-0.25, -0.2) is 9.67 Å². The first-order chi connectivity index (χ1) is 11.0. The van der Waals surface area contributed by atoms with Crippen molar-refractivity contribution in [2.45, 2.75) is 38.8 Å². The monoisotopic (exact) mass is 318 g/mol. The highest BCUT2D eigenvalue weighted by Gasteiger charge is 2.35. The third-order valence-electron chi connectivity index (χ3n) is 4.16. The molecule has 1 aliphatic rings. The van der Waals surface area contributed by atoms with Crippen molar-refractivity contribution in [1.82, 2.24) is 25.0 Å². The van der Waals surface area contributed by atoms with Gasteiger partial charge in [0.1, 0.15) is 17.2 Å². The van der Waals surface area contributed by atoms with E-state index >= 15 is 0 Å². The molecule has 0 spiro atoms. The number of methoxy groups -OCH3 is 1. The van der Waals surface area contributed by atoms with E-state index in [0.717, 1.165) is 30.8 Å². The Balaban J connectivity index is 1.85. The molecule has 2 aromatic rings. The maximum Gasteiger partial charge on any atom is 0.221 e. The quantitative estimate of drug-likeness (QED) is 0.888. The van der Waals surface area contributed by atoms with Crippen LogP contribution in [-0.2, 0) is 6.54 Å². The van der Waals surface area contributed by atoms with Crippen LogP contribution in [0.1, 0.15) is 24.2 Å². The molecule has 3 heterocycles. The second kappa shape index (κ2) is 6.11. The lowest BCUT2D eigenvalue weighted by atomic mass is 9.92. The Kier molecular flexibility index (Phi) is 4.16. The van der Waals surface area contributed by atoms with Crippen LogP contribution < -0.4 is 9.64 Å². The zero-order chi connectivity index (χ0) is 16.4. The van der Waals surface area contributed by atoms with E-state index in [1.807, 2.05) is 13.8 Å². The highest BCUT2D eigenvalue weighted by molar-refractivity contribution is 5.51. The number of ether oxygens (including phenoxy) is 1. The van der Waals surface area contributed by atoms with E-state index in [1.54, 1.807) is 24.2 Å². The number of aryl methyl sites for hydroxylation is 1. The van der Waals surface area contributed by atoms with Crippen LogP contribution in [-0.4, -0.2) is 55.9 Å². The minimum Gasteiger partial charge on any atom is -0.481 e. The van der Waals surface area contributed by atoms with E-state index < -0.39 is 5.60 Å². The fourth-order valence-corrected chi connectivity index (χ4v) is 3.14. The van der Waals surface area contributed by atoms with E-state index in [1.165, 1.54) is 0 Å². The highest BCUT2D eigenvalue weighted by Crippen LogP contribution is 2.30. The van der Waals surface area contributed by atoms with Gasteiger partial charge in [-0.2, -0.15) is 4.98 Å². The number of hydrogen-bond donors (Lipinski definition) is 1. The minimum atomic E-state index is -0.857. The first-order valence-corrected chi connectivity index (χ1v) is 7.71. The largest absolute Gasteiger partial charge is 0.481 e. The van der Waals surface area contributed by atoms with Gasteiger partial charge >= 0.3 is 0 Å². The number of β-amino-alcohol motifs (C(OH)–C–C–N with tert-alkyl or cyclic N) is 1. The molecule has 0 aromatic carbocycles. The maximum absolute atomic E-state index is 11.0. The zero-order valence-corrected chi connectivity index (χ0v) is 13.7. The standard InChI is InChI=1S/C15H22N6O2/c1-11-13(17-12(2)18-14(11)23-3)20-7-4-5-15(22,9-20)10-21-8-6-16-19-21/h6,8,22H,4-5,7,9-10H2,1-3H3. The van der Waals surface area contributed by atoms with Gasteiger partial charge in [0, 0.05) is 19.3 Å². The fraction of sp³-hybridized carbons (Fsp3) is 0.600. The van der Waals surface area contributed by atoms with Crippen LogP contribution >= 0.6 is 0 Å². The molecular weight excluding hydrogens is 296 g/mol. The second-order valence-corrected chi connectivity index (χ2v) is 6.08. The molecule has 23 heavy (non-hydrogen) atoms. The summed E-state index contributed by atoms with van der Waals surface area (Å²) in [4.78, 5) is 11.0. The van der Waals surface area contributed by atoms with Gasteiger partial charge in [-0.15, -0.1) is 5.10 Å². The molecule has 1 atom stereocenters. The molecular formula is C15H22N6O2. The van der Waals surface area contributed by atoms with Gasteiger partial charge in [0.05, 0.1) is 25.4 Å². The molecule has 3 rings (SSSR count). The molecule has 0 amide bonds. The van der Waals surface area contributed by atoms with Gasteiger partial charge in [-0.3, -0.25) is 0 Å². The van der Waals surface area contributed by atoms with Crippen LogP contribution in [0.25, 0.3) is 0 Å². The average molecular weight is 318 g/mol. The summed E-state index contributed by atoms with van der Waals surface area (Å²) in [7, 11) is 1.61. The van der Waals surface area contributed by atoms with Crippen LogP contribution in [0.15, 0.2) is 12.4 Å². The normalized spacial score (nSPS) is 21.5. The van der Waals surface area contributed by atoms with Crippen LogP contribution in [0.5, 0.6) is 5.88 Å². The van der Waals surface area contributed by atoms with Crippen molar-refractivity contribution in [3.63, 3.8) is 0 Å². The maximum atomic E-state index is 11.0. The highest BCUT2D eigenvalue weighted by atomic mass is 16.5. The third kappa shape index (κ3) is 3.26. The summed E-state index contributed by atoms with van der Waals surface area (Å²) in [6.07, 6.45) is 4.99. The average Bonchev–Trinajstić information content (AvgIpc) is 3.01. The van der Waals surface area contributed by atoms with E-state index in [0.29, 0.717) is 24.8 Å². The van der Waals surface area contributed by atoms with Crippen molar-refractivity contribution >= 4 is 5.82 Å². The number of aromatic nitrogens is 5. The summed E-state index contributed by atoms with van der Waals surface area (Å²) in [5.74, 6) is 2.07. The van der Waals surface area contributed by atoms with Crippen LogP contribution in [0, 0.1) is 13.8 Å². The van der Waals surface area contributed by atoms with Crippen molar-refractivity contribution in [2.24, 2.45) is 0 Å². The van der Waals surface area contributed by atoms with Gasteiger partial charge in [-0.1, -0.05) is 5.21 Å². The molecule has 1 saturated heterocycles. The summed E-state index contributed by atoms with van der Waals surface area (Å²) >= 11 is 0. The molecule has 8 heteroatoms. The Morgan fingerprint density at radius 3 is 2.87 bits per heavy atom. The predicted molar refractivity (Wildman–Crippen MR) is 84.5 cm³/mol. The van der Waals surface area contributed by atoms with Crippen molar-refractivity contribution in [3.8, 4) is 5.88 Å². The lowest BCUT2D eigenvalue weighted by Crippen LogP contribution is -2.51. The Hall–Kier alpha value is -2.22. The Labute approximate surface area is 135 Å². The predicted octanol–water partition coefficient (Wildman–Crippen LogP) is 0.725. The lowest BCUT2D eigenvalue weighted by molar-refractivity contribution is 0.00580. The summed E-state index contributed by atoms with van der Waals surface area (Å²) in [5.41, 5.74) is 0.0351. The molecule has 0 radical (unpaired) electrons. The summed E-state index contributed by atoms with van der Waals surface area (Å²) in [6.45, 7) is 5.55. The van der Waals surface area contributed by atoms with Crippen molar-refractivity contribution < 1.29 is 9.84 Å². The van der Waals surface area contributed by atoms with Gasteiger partial charge in [-0.05, 0) is 26.7 Å². The molecule has 2 aromatic heterocycles. The lowest BCUT2D eigenvalue weighted by Gasteiger charge is -2.40. The molecule has 8 nitrogen and oxygen atoms in total. The Morgan fingerprint density at radius 2 is 2.17 bits per heavy atom. The number of nitrogens with zero attached hydrogens (tertiary/aromatic N) is 6.